The summed E-state index contributed by atoms with van der Waals surface area (Å²) in [6.07, 6.45) is 2.00. The summed E-state index contributed by atoms with van der Waals surface area (Å²) in [7, 11) is 0. The third-order valence-electron chi connectivity index (χ3n) is 4.49. The third kappa shape index (κ3) is 6.92. The molecule has 2 bridgehead atoms. The van der Waals surface area contributed by atoms with E-state index in [1.807, 2.05) is 0 Å². The second kappa shape index (κ2) is 10.2. The number of piperidine rings is 2. The van der Waals surface area contributed by atoms with E-state index in [0.29, 0.717) is 37.7 Å². The van der Waals surface area contributed by atoms with Crippen molar-refractivity contribution in [1.29, 1.82) is 0 Å². The Morgan fingerprint density at radius 2 is 1.72 bits per heavy atom. The normalized spacial score (nSPS) is 20.6. The number of hydrogen-bond donors (Lipinski definition) is 5. The number of nitrogens with one attached hydrogen (secondary N) is 2. The van der Waals surface area contributed by atoms with E-state index in [1.54, 1.807) is 24.3 Å². The summed E-state index contributed by atoms with van der Waals surface area (Å²) in [6.45, 7) is 2.36. The summed E-state index contributed by atoms with van der Waals surface area (Å²) < 4.78 is 0. The van der Waals surface area contributed by atoms with Gasteiger partial charge in [-0.1, -0.05) is 12.1 Å². The average Bonchev–Trinajstić information content (AvgIpc) is 2.69. The van der Waals surface area contributed by atoms with Gasteiger partial charge in [-0.15, -0.1) is 0 Å². The van der Waals surface area contributed by atoms with Crippen molar-refractivity contribution in [1.82, 2.24) is 15.5 Å². The molecule has 2 saturated heterocycles. The Labute approximate surface area is 166 Å². The molecule has 2 atom stereocenters. The molecule has 2 unspecified atom stereocenters. The van der Waals surface area contributed by atoms with Gasteiger partial charge in [-0.05, 0) is 36.6 Å². The van der Waals surface area contributed by atoms with Gasteiger partial charge in [-0.25, -0.2) is 14.4 Å². The molecular formula is C19H23N3O7. The zero-order valence-electron chi connectivity index (χ0n) is 15.6. The number of carboxylic acid groups (broad SMARTS) is 2. The van der Waals surface area contributed by atoms with Crippen molar-refractivity contribution in [2.24, 2.45) is 11.8 Å². The number of nitrogens with zero attached hydrogens (tertiary/aromatic N) is 1. The summed E-state index contributed by atoms with van der Waals surface area (Å²) in [5, 5.41) is 30.9. The van der Waals surface area contributed by atoms with Crippen LogP contribution < -0.4 is 10.6 Å². The van der Waals surface area contributed by atoms with Crippen molar-refractivity contribution in [3.05, 3.63) is 42.0 Å². The molecule has 0 saturated carbocycles. The van der Waals surface area contributed by atoms with E-state index in [0.717, 1.165) is 18.5 Å². The van der Waals surface area contributed by atoms with Gasteiger partial charge in [-0.3, -0.25) is 9.69 Å². The number of rotatable bonds is 4. The number of carbonyl (C=O) groups excluding carboxylic acids is 2. The zero-order valence-corrected chi connectivity index (χ0v) is 15.6. The van der Waals surface area contributed by atoms with E-state index in [4.69, 9.17) is 10.2 Å². The SMILES string of the molecule is O=C(NCc1ccc(O)cc1)N1CC2CNCC(C2)C1=O.O=C(O)/C=C/C(=O)O. The van der Waals surface area contributed by atoms with Crippen LogP contribution in [0.2, 0.25) is 0 Å². The van der Waals surface area contributed by atoms with Crippen LogP contribution in [-0.4, -0.2) is 63.7 Å². The van der Waals surface area contributed by atoms with Crippen molar-refractivity contribution in [2.45, 2.75) is 13.0 Å². The van der Waals surface area contributed by atoms with E-state index in [9.17, 15) is 24.3 Å². The van der Waals surface area contributed by atoms with Crippen LogP contribution in [0, 0.1) is 11.8 Å². The van der Waals surface area contributed by atoms with Crippen LogP contribution in [0.15, 0.2) is 36.4 Å². The third-order valence-corrected chi connectivity index (χ3v) is 4.49. The van der Waals surface area contributed by atoms with Gasteiger partial charge < -0.3 is 26.0 Å². The van der Waals surface area contributed by atoms with Crippen molar-refractivity contribution in [3.63, 3.8) is 0 Å². The van der Waals surface area contributed by atoms with E-state index in [1.165, 1.54) is 4.90 Å². The second-order valence-corrected chi connectivity index (χ2v) is 6.74. The molecule has 2 fully saturated rings. The number of carbonyl (C=O) groups is 4. The molecule has 0 spiro atoms. The van der Waals surface area contributed by atoms with Gasteiger partial charge >= 0.3 is 18.0 Å². The molecule has 3 rings (SSSR count). The Morgan fingerprint density at radius 1 is 1.10 bits per heavy atom. The first-order valence-corrected chi connectivity index (χ1v) is 8.98. The topological polar surface area (TPSA) is 156 Å². The van der Waals surface area contributed by atoms with Crippen molar-refractivity contribution in [3.8, 4) is 5.75 Å². The smallest absolute Gasteiger partial charge is 0.328 e. The summed E-state index contributed by atoms with van der Waals surface area (Å²) in [6, 6.07) is 6.30. The number of carboxylic acids is 2. The van der Waals surface area contributed by atoms with E-state index in [-0.39, 0.29) is 23.6 Å². The highest BCUT2D eigenvalue weighted by Crippen LogP contribution is 2.25. The Kier molecular flexibility index (Phi) is 7.72. The zero-order chi connectivity index (χ0) is 21.4. The number of amides is 3. The van der Waals surface area contributed by atoms with Crippen LogP contribution in [0.3, 0.4) is 0 Å². The Balaban J connectivity index is 0.000000321. The molecule has 0 aliphatic carbocycles. The molecule has 2 aliphatic rings. The quantitative estimate of drug-likeness (QED) is 0.450. The van der Waals surface area contributed by atoms with Crippen molar-refractivity contribution in [2.75, 3.05) is 19.6 Å². The van der Waals surface area contributed by atoms with Crippen LogP contribution in [0.4, 0.5) is 4.79 Å². The maximum atomic E-state index is 12.2. The van der Waals surface area contributed by atoms with Gasteiger partial charge in [-0.2, -0.15) is 0 Å². The molecule has 5 N–H and O–H groups in total. The Hall–Kier alpha value is -3.40. The largest absolute Gasteiger partial charge is 0.508 e. The lowest BCUT2D eigenvalue weighted by atomic mass is 9.85. The molecule has 156 valence electrons. The van der Waals surface area contributed by atoms with Crippen LogP contribution in [0.5, 0.6) is 5.75 Å². The number of aliphatic carboxylic acids is 2. The summed E-state index contributed by atoms with van der Waals surface area (Å²) in [5.41, 5.74) is 0.882. The maximum Gasteiger partial charge on any atom is 0.328 e. The monoisotopic (exact) mass is 405 g/mol. The van der Waals surface area contributed by atoms with Crippen molar-refractivity contribution < 1.29 is 34.5 Å². The fraction of sp³-hybridized carbons (Fsp3) is 0.368. The number of urea groups is 1. The van der Waals surface area contributed by atoms with Gasteiger partial charge in [0, 0.05) is 31.8 Å². The minimum atomic E-state index is -1.26. The number of imide groups is 1. The number of hydrogen-bond acceptors (Lipinski definition) is 6. The van der Waals surface area contributed by atoms with Gasteiger partial charge in [0.05, 0.1) is 5.92 Å². The van der Waals surface area contributed by atoms with Crippen LogP contribution >= 0.6 is 0 Å². The van der Waals surface area contributed by atoms with Crippen molar-refractivity contribution >= 4 is 23.9 Å². The molecule has 3 amide bonds. The molecule has 10 heteroatoms. The minimum Gasteiger partial charge on any atom is -0.508 e. The predicted molar refractivity (Wildman–Crippen MR) is 101 cm³/mol. The summed E-state index contributed by atoms with van der Waals surface area (Å²) in [4.78, 5) is 44.9. The fourth-order valence-electron chi connectivity index (χ4n) is 3.14. The first kappa shape index (κ1) is 21.9. The fourth-order valence-corrected chi connectivity index (χ4v) is 3.14. The standard InChI is InChI=1S/C15H19N3O3.C4H4O4/c19-13-3-1-10(2-4-13)7-17-15(21)18-9-11-5-12(14(18)20)8-16-6-11;5-3(6)1-2-4(7)8/h1-4,11-12,16,19H,5-9H2,(H,17,21);1-2H,(H,5,6)(H,7,8)/b;2-1+. The van der Waals surface area contributed by atoms with Crippen LogP contribution in [0.25, 0.3) is 0 Å². The van der Waals surface area contributed by atoms with E-state index < -0.39 is 11.9 Å². The molecule has 1 aromatic rings. The molecule has 2 heterocycles. The number of fused-ring (bicyclic) bond motifs is 2. The van der Waals surface area contributed by atoms with E-state index in [2.05, 4.69) is 10.6 Å². The number of phenolic OH excluding ortho intramolecular Hbond substituents is 1. The lowest BCUT2D eigenvalue weighted by molar-refractivity contribution is -0.137. The van der Waals surface area contributed by atoms with Crippen LogP contribution in [-0.2, 0) is 20.9 Å². The highest BCUT2D eigenvalue weighted by molar-refractivity contribution is 5.96. The first-order chi connectivity index (χ1) is 13.8. The lowest BCUT2D eigenvalue weighted by Crippen LogP contribution is -2.58. The molecular weight excluding hydrogens is 382 g/mol. The number of benzene rings is 1. The molecule has 2 aliphatic heterocycles. The summed E-state index contributed by atoms with van der Waals surface area (Å²) in [5.74, 6) is -2.11. The lowest BCUT2D eigenvalue weighted by Gasteiger charge is -2.39. The first-order valence-electron chi connectivity index (χ1n) is 8.98. The molecule has 0 radical (unpaired) electrons. The van der Waals surface area contributed by atoms with E-state index >= 15 is 0 Å². The Bertz CT molecular complexity index is 775. The number of likely N-dealkylation sites (tertiary alicyclic amines) is 1. The predicted octanol–water partition coefficient (Wildman–Crippen LogP) is 0.382. The van der Waals surface area contributed by atoms with Gasteiger partial charge in [0.25, 0.3) is 0 Å². The molecule has 1 aromatic carbocycles. The summed E-state index contributed by atoms with van der Waals surface area (Å²) >= 11 is 0. The highest BCUT2D eigenvalue weighted by Gasteiger charge is 2.39. The van der Waals surface area contributed by atoms with Crippen LogP contribution in [0.1, 0.15) is 12.0 Å². The average molecular weight is 405 g/mol. The van der Waals surface area contributed by atoms with Gasteiger partial charge in [0.2, 0.25) is 5.91 Å². The number of phenols is 1. The minimum absolute atomic E-state index is 0.0723. The van der Waals surface area contributed by atoms with Gasteiger partial charge in [0.1, 0.15) is 5.75 Å². The number of aromatic hydroxyl groups is 1. The molecule has 29 heavy (non-hydrogen) atoms. The maximum absolute atomic E-state index is 12.2. The second-order valence-electron chi connectivity index (χ2n) is 6.74. The highest BCUT2D eigenvalue weighted by atomic mass is 16.4. The Morgan fingerprint density at radius 3 is 2.31 bits per heavy atom. The molecule has 0 aromatic heterocycles. The van der Waals surface area contributed by atoms with Gasteiger partial charge in [0.15, 0.2) is 0 Å². The molecule has 10 nitrogen and oxygen atoms in total.